The average molecular weight is 327 g/mol. The smallest absolute Gasteiger partial charge is 0.127 e. The summed E-state index contributed by atoms with van der Waals surface area (Å²) in [5.41, 5.74) is 2.62. The summed E-state index contributed by atoms with van der Waals surface area (Å²) in [5.74, 6) is 1.10. The molecule has 0 aliphatic carbocycles. The number of hydrogen-bond donors (Lipinski definition) is 1. The van der Waals surface area contributed by atoms with Crippen LogP contribution in [0.1, 0.15) is 25.0 Å². The summed E-state index contributed by atoms with van der Waals surface area (Å²) in [4.78, 5) is 2.33. The van der Waals surface area contributed by atoms with Gasteiger partial charge < -0.3 is 15.0 Å². The van der Waals surface area contributed by atoms with Gasteiger partial charge in [-0.25, -0.2) is 0 Å². The lowest BCUT2D eigenvalue weighted by Crippen LogP contribution is -2.32. The molecule has 0 aromatic heterocycles. The lowest BCUT2D eigenvalue weighted by molar-refractivity contribution is 0.306. The van der Waals surface area contributed by atoms with Crippen molar-refractivity contribution in [1.29, 1.82) is 0 Å². The van der Waals surface area contributed by atoms with E-state index in [1.165, 1.54) is 11.1 Å². The minimum atomic E-state index is 0.548. The Morgan fingerprint density at radius 3 is 2.95 bits per heavy atom. The van der Waals surface area contributed by atoms with Crippen molar-refractivity contribution in [2.75, 3.05) is 26.7 Å². The van der Waals surface area contributed by atoms with Crippen LogP contribution in [-0.2, 0) is 13.0 Å². The third kappa shape index (κ3) is 4.20. The van der Waals surface area contributed by atoms with Crippen LogP contribution in [-0.4, -0.2) is 37.7 Å². The van der Waals surface area contributed by atoms with Gasteiger partial charge in [0, 0.05) is 42.1 Å². The zero-order valence-corrected chi connectivity index (χ0v) is 13.6. The molecular weight excluding hydrogens is 304 g/mol. The van der Waals surface area contributed by atoms with Gasteiger partial charge in [0.2, 0.25) is 0 Å². The molecule has 0 atom stereocenters. The van der Waals surface area contributed by atoms with E-state index in [0.29, 0.717) is 6.04 Å². The van der Waals surface area contributed by atoms with Gasteiger partial charge in [0.05, 0.1) is 6.61 Å². The second kappa shape index (κ2) is 6.73. The summed E-state index contributed by atoms with van der Waals surface area (Å²) in [6.45, 7) is 8.16. The van der Waals surface area contributed by atoms with Crippen LogP contribution in [0.4, 0.5) is 0 Å². The molecule has 1 N–H and O–H groups in total. The summed E-state index contributed by atoms with van der Waals surface area (Å²) in [6.07, 6.45) is 1.03. The van der Waals surface area contributed by atoms with Gasteiger partial charge in [-0.05, 0) is 24.7 Å². The number of hydrogen-bond acceptors (Lipinski definition) is 3. The largest absolute Gasteiger partial charge is 0.493 e. The van der Waals surface area contributed by atoms with Crippen LogP contribution >= 0.6 is 15.9 Å². The van der Waals surface area contributed by atoms with Crippen molar-refractivity contribution in [3.63, 3.8) is 0 Å². The molecular formula is C15H23BrN2O. The first-order chi connectivity index (χ1) is 9.06. The molecule has 0 bridgehead atoms. The van der Waals surface area contributed by atoms with E-state index >= 15 is 0 Å². The van der Waals surface area contributed by atoms with Gasteiger partial charge in [0.15, 0.2) is 0 Å². The van der Waals surface area contributed by atoms with Gasteiger partial charge in [0.25, 0.3) is 0 Å². The molecule has 1 heterocycles. The first-order valence-electron chi connectivity index (χ1n) is 6.92. The van der Waals surface area contributed by atoms with Crippen molar-refractivity contribution in [2.24, 2.45) is 0 Å². The SMILES string of the molecule is CC(C)NCCN(C)Cc1cc(Br)cc2c1OCC2. The molecule has 4 heteroatoms. The first-order valence-corrected chi connectivity index (χ1v) is 7.71. The molecule has 0 amide bonds. The van der Waals surface area contributed by atoms with Crippen molar-refractivity contribution in [3.8, 4) is 5.75 Å². The lowest BCUT2D eigenvalue weighted by atomic mass is 10.1. The summed E-state index contributed by atoms with van der Waals surface area (Å²) in [5, 5.41) is 3.44. The van der Waals surface area contributed by atoms with Crippen molar-refractivity contribution in [1.82, 2.24) is 10.2 Å². The van der Waals surface area contributed by atoms with E-state index < -0.39 is 0 Å². The van der Waals surface area contributed by atoms with E-state index in [1.807, 2.05) is 0 Å². The van der Waals surface area contributed by atoms with Crippen molar-refractivity contribution in [2.45, 2.75) is 32.9 Å². The highest BCUT2D eigenvalue weighted by atomic mass is 79.9. The normalized spacial score (nSPS) is 14.0. The number of fused-ring (bicyclic) bond motifs is 1. The Kier molecular flexibility index (Phi) is 5.25. The third-order valence-electron chi connectivity index (χ3n) is 3.31. The highest BCUT2D eigenvalue weighted by molar-refractivity contribution is 9.10. The van der Waals surface area contributed by atoms with Crippen LogP contribution in [0.3, 0.4) is 0 Å². The molecule has 1 aromatic rings. The molecule has 0 saturated heterocycles. The van der Waals surface area contributed by atoms with Crippen molar-refractivity contribution >= 4 is 15.9 Å². The highest BCUT2D eigenvalue weighted by Gasteiger charge is 2.18. The van der Waals surface area contributed by atoms with Gasteiger partial charge in [-0.1, -0.05) is 29.8 Å². The maximum absolute atomic E-state index is 5.77. The molecule has 0 unspecified atom stereocenters. The van der Waals surface area contributed by atoms with E-state index in [4.69, 9.17) is 4.74 Å². The first kappa shape index (κ1) is 14.8. The Balaban J connectivity index is 1.95. The fraction of sp³-hybridized carbons (Fsp3) is 0.600. The maximum atomic E-state index is 5.77. The zero-order valence-electron chi connectivity index (χ0n) is 12.0. The Hall–Kier alpha value is -0.580. The van der Waals surface area contributed by atoms with Crippen LogP contribution in [0.15, 0.2) is 16.6 Å². The van der Waals surface area contributed by atoms with Crippen LogP contribution in [0.25, 0.3) is 0 Å². The molecule has 2 rings (SSSR count). The third-order valence-corrected chi connectivity index (χ3v) is 3.77. The molecule has 1 aromatic carbocycles. The number of ether oxygens (including phenoxy) is 1. The fourth-order valence-corrected chi connectivity index (χ4v) is 2.93. The Morgan fingerprint density at radius 2 is 2.21 bits per heavy atom. The molecule has 1 aliphatic rings. The van der Waals surface area contributed by atoms with Crippen LogP contribution in [0.5, 0.6) is 5.75 Å². The van der Waals surface area contributed by atoms with E-state index in [9.17, 15) is 0 Å². The summed E-state index contributed by atoms with van der Waals surface area (Å²) in [7, 11) is 2.16. The molecule has 106 valence electrons. The van der Waals surface area contributed by atoms with Gasteiger partial charge >= 0.3 is 0 Å². The van der Waals surface area contributed by atoms with Gasteiger partial charge in [-0.15, -0.1) is 0 Å². The van der Waals surface area contributed by atoms with E-state index in [-0.39, 0.29) is 0 Å². The second-order valence-electron chi connectivity index (χ2n) is 5.50. The Bertz CT molecular complexity index is 434. The minimum absolute atomic E-state index is 0.548. The minimum Gasteiger partial charge on any atom is -0.493 e. The number of nitrogens with zero attached hydrogens (tertiary/aromatic N) is 1. The van der Waals surface area contributed by atoms with Crippen LogP contribution in [0, 0.1) is 0 Å². The van der Waals surface area contributed by atoms with Gasteiger partial charge in [-0.2, -0.15) is 0 Å². The Morgan fingerprint density at radius 1 is 1.42 bits per heavy atom. The number of benzene rings is 1. The maximum Gasteiger partial charge on any atom is 0.127 e. The molecule has 19 heavy (non-hydrogen) atoms. The van der Waals surface area contributed by atoms with E-state index in [2.05, 4.69) is 59.2 Å². The number of halogens is 1. The van der Waals surface area contributed by atoms with E-state index in [1.54, 1.807) is 0 Å². The predicted molar refractivity (Wildman–Crippen MR) is 82.8 cm³/mol. The van der Waals surface area contributed by atoms with E-state index in [0.717, 1.165) is 42.9 Å². The second-order valence-corrected chi connectivity index (χ2v) is 6.41. The molecule has 1 aliphatic heterocycles. The van der Waals surface area contributed by atoms with Crippen LogP contribution < -0.4 is 10.1 Å². The number of likely N-dealkylation sites (N-methyl/N-ethyl adjacent to an activating group) is 1. The van der Waals surface area contributed by atoms with Gasteiger partial charge in [0.1, 0.15) is 5.75 Å². The molecule has 3 nitrogen and oxygen atoms in total. The topological polar surface area (TPSA) is 24.5 Å². The summed E-state index contributed by atoms with van der Waals surface area (Å²) in [6, 6.07) is 4.90. The van der Waals surface area contributed by atoms with Crippen LogP contribution in [0.2, 0.25) is 0 Å². The van der Waals surface area contributed by atoms with Crippen molar-refractivity contribution < 1.29 is 4.74 Å². The number of nitrogens with one attached hydrogen (secondary N) is 1. The quantitative estimate of drug-likeness (QED) is 0.870. The zero-order chi connectivity index (χ0) is 13.8. The van der Waals surface area contributed by atoms with Gasteiger partial charge in [-0.3, -0.25) is 0 Å². The lowest BCUT2D eigenvalue weighted by Gasteiger charge is -2.19. The fourth-order valence-electron chi connectivity index (χ4n) is 2.38. The number of rotatable bonds is 6. The van der Waals surface area contributed by atoms with Crippen molar-refractivity contribution in [3.05, 3.63) is 27.7 Å². The molecule has 0 radical (unpaired) electrons. The highest BCUT2D eigenvalue weighted by Crippen LogP contribution is 2.33. The monoisotopic (exact) mass is 326 g/mol. The average Bonchev–Trinajstić information content (AvgIpc) is 2.76. The Labute approximate surface area is 124 Å². The molecule has 0 saturated carbocycles. The standard InChI is InChI=1S/C15H23BrN2O/c1-11(2)17-5-6-18(3)10-13-9-14(16)8-12-4-7-19-15(12)13/h8-9,11,17H,4-7,10H2,1-3H3. The molecule has 0 spiro atoms. The predicted octanol–water partition coefficient (Wildman–Crippen LogP) is 2.81. The summed E-state index contributed by atoms with van der Waals surface area (Å²) < 4.78 is 6.92. The summed E-state index contributed by atoms with van der Waals surface area (Å²) >= 11 is 3.59. The molecule has 0 fully saturated rings.